The molecule has 1 aliphatic heterocycles. The SMILES string of the molecule is Fc1ccc(OCC2CNCCO2)cc1C(F)(F)F. The molecule has 7 heteroatoms. The van der Waals surface area contributed by atoms with Crippen LogP contribution in [-0.2, 0) is 10.9 Å². The van der Waals surface area contributed by atoms with Crippen LogP contribution in [0.15, 0.2) is 18.2 Å². The van der Waals surface area contributed by atoms with Gasteiger partial charge in [-0.25, -0.2) is 4.39 Å². The van der Waals surface area contributed by atoms with Gasteiger partial charge in [0.05, 0.1) is 12.2 Å². The van der Waals surface area contributed by atoms with Crippen molar-refractivity contribution in [2.24, 2.45) is 0 Å². The van der Waals surface area contributed by atoms with Gasteiger partial charge < -0.3 is 14.8 Å². The molecule has 106 valence electrons. The first-order valence-corrected chi connectivity index (χ1v) is 5.78. The summed E-state index contributed by atoms with van der Waals surface area (Å²) in [6.07, 6.45) is -4.94. The minimum atomic E-state index is -4.73. The first-order chi connectivity index (χ1) is 8.97. The summed E-state index contributed by atoms with van der Waals surface area (Å²) in [6.45, 7) is 1.97. The molecule has 0 radical (unpaired) electrons. The van der Waals surface area contributed by atoms with Gasteiger partial charge >= 0.3 is 6.18 Å². The molecule has 1 unspecified atom stereocenters. The van der Waals surface area contributed by atoms with E-state index in [-0.39, 0.29) is 18.5 Å². The van der Waals surface area contributed by atoms with Crippen LogP contribution in [0.4, 0.5) is 17.6 Å². The first kappa shape index (κ1) is 14.1. The van der Waals surface area contributed by atoms with Gasteiger partial charge in [-0.15, -0.1) is 0 Å². The molecular formula is C12H13F4NO2. The van der Waals surface area contributed by atoms with Gasteiger partial charge in [0.15, 0.2) is 0 Å². The largest absolute Gasteiger partial charge is 0.491 e. The Labute approximate surface area is 107 Å². The average molecular weight is 279 g/mol. The van der Waals surface area contributed by atoms with E-state index in [4.69, 9.17) is 9.47 Å². The molecule has 0 spiro atoms. The zero-order valence-corrected chi connectivity index (χ0v) is 9.97. The van der Waals surface area contributed by atoms with E-state index in [0.717, 1.165) is 12.6 Å². The van der Waals surface area contributed by atoms with Crippen LogP contribution in [-0.4, -0.2) is 32.4 Å². The third-order valence-electron chi connectivity index (χ3n) is 2.68. The number of nitrogens with one attached hydrogen (secondary N) is 1. The molecule has 1 heterocycles. The summed E-state index contributed by atoms with van der Waals surface area (Å²) in [4.78, 5) is 0. The number of alkyl halides is 3. The maximum absolute atomic E-state index is 13.1. The lowest BCUT2D eigenvalue weighted by Crippen LogP contribution is -2.41. The molecule has 1 N–H and O–H groups in total. The van der Waals surface area contributed by atoms with E-state index < -0.39 is 17.6 Å². The van der Waals surface area contributed by atoms with Crippen LogP contribution in [0.2, 0.25) is 0 Å². The fourth-order valence-corrected chi connectivity index (χ4v) is 1.73. The van der Waals surface area contributed by atoms with E-state index in [0.29, 0.717) is 19.2 Å². The number of benzene rings is 1. The Hall–Kier alpha value is -1.34. The topological polar surface area (TPSA) is 30.5 Å². The standard InChI is InChI=1S/C12H13F4NO2/c13-11-2-1-8(5-10(11)12(14,15)16)19-7-9-6-17-3-4-18-9/h1-2,5,9,17H,3-4,6-7H2. The van der Waals surface area contributed by atoms with E-state index in [9.17, 15) is 17.6 Å². The Morgan fingerprint density at radius 1 is 1.37 bits per heavy atom. The normalized spacial score (nSPS) is 20.3. The van der Waals surface area contributed by atoms with Crippen molar-refractivity contribution >= 4 is 0 Å². The van der Waals surface area contributed by atoms with Crippen molar-refractivity contribution in [1.29, 1.82) is 0 Å². The van der Waals surface area contributed by atoms with Gasteiger partial charge in [-0.2, -0.15) is 13.2 Å². The molecule has 0 saturated carbocycles. The van der Waals surface area contributed by atoms with Crippen LogP contribution in [0, 0.1) is 5.82 Å². The Bertz CT molecular complexity index is 430. The van der Waals surface area contributed by atoms with Gasteiger partial charge in [-0.3, -0.25) is 0 Å². The third-order valence-corrected chi connectivity index (χ3v) is 2.68. The number of hydrogen-bond acceptors (Lipinski definition) is 3. The highest BCUT2D eigenvalue weighted by Crippen LogP contribution is 2.33. The molecule has 0 bridgehead atoms. The second kappa shape index (κ2) is 5.75. The zero-order valence-electron chi connectivity index (χ0n) is 9.97. The van der Waals surface area contributed by atoms with Crippen molar-refractivity contribution in [2.45, 2.75) is 12.3 Å². The molecule has 0 aromatic heterocycles. The van der Waals surface area contributed by atoms with Gasteiger partial charge in [-0.05, 0) is 18.2 Å². The minimum Gasteiger partial charge on any atom is -0.491 e. The third kappa shape index (κ3) is 3.81. The van der Waals surface area contributed by atoms with Gasteiger partial charge in [0.1, 0.15) is 24.3 Å². The second-order valence-corrected chi connectivity index (χ2v) is 4.15. The molecule has 1 aliphatic rings. The molecule has 1 aromatic carbocycles. The Morgan fingerprint density at radius 2 is 2.16 bits per heavy atom. The van der Waals surface area contributed by atoms with Crippen molar-refractivity contribution in [1.82, 2.24) is 5.32 Å². The fourth-order valence-electron chi connectivity index (χ4n) is 1.73. The molecule has 1 atom stereocenters. The molecule has 1 saturated heterocycles. The molecule has 3 nitrogen and oxygen atoms in total. The van der Waals surface area contributed by atoms with Crippen LogP contribution < -0.4 is 10.1 Å². The zero-order chi connectivity index (χ0) is 13.9. The predicted octanol–water partition coefficient (Wildman–Crippen LogP) is 2.21. The van der Waals surface area contributed by atoms with Crippen LogP contribution >= 0.6 is 0 Å². The number of ether oxygens (including phenoxy) is 2. The quantitative estimate of drug-likeness (QED) is 0.861. The lowest BCUT2D eigenvalue weighted by molar-refractivity contribution is -0.140. The van der Waals surface area contributed by atoms with E-state index in [1.165, 1.54) is 6.07 Å². The molecule has 1 fully saturated rings. The summed E-state index contributed by atoms with van der Waals surface area (Å²) in [5, 5.41) is 3.07. The molecule has 1 aromatic rings. The maximum atomic E-state index is 13.1. The summed E-state index contributed by atoms with van der Waals surface area (Å²) < 4.78 is 61.1. The Kier molecular flexibility index (Phi) is 4.26. The van der Waals surface area contributed by atoms with Crippen molar-refractivity contribution in [2.75, 3.05) is 26.3 Å². The maximum Gasteiger partial charge on any atom is 0.419 e. The molecule has 19 heavy (non-hydrogen) atoms. The van der Waals surface area contributed by atoms with Crippen molar-refractivity contribution in [3.8, 4) is 5.75 Å². The summed E-state index contributed by atoms with van der Waals surface area (Å²) in [7, 11) is 0. The second-order valence-electron chi connectivity index (χ2n) is 4.15. The van der Waals surface area contributed by atoms with E-state index in [1.54, 1.807) is 0 Å². The predicted molar refractivity (Wildman–Crippen MR) is 59.5 cm³/mol. The number of rotatable bonds is 3. The summed E-state index contributed by atoms with van der Waals surface area (Å²) in [5.74, 6) is -1.33. The van der Waals surface area contributed by atoms with Crippen LogP contribution in [0.25, 0.3) is 0 Å². The van der Waals surface area contributed by atoms with Crippen molar-refractivity contribution < 1.29 is 27.0 Å². The number of hydrogen-bond donors (Lipinski definition) is 1. The molecule has 0 aliphatic carbocycles. The Balaban J connectivity index is 2.00. The number of morpholine rings is 1. The Morgan fingerprint density at radius 3 is 2.79 bits per heavy atom. The monoisotopic (exact) mass is 279 g/mol. The van der Waals surface area contributed by atoms with Crippen molar-refractivity contribution in [3.63, 3.8) is 0 Å². The fraction of sp³-hybridized carbons (Fsp3) is 0.500. The smallest absolute Gasteiger partial charge is 0.419 e. The van der Waals surface area contributed by atoms with Crippen LogP contribution in [0.3, 0.4) is 0 Å². The van der Waals surface area contributed by atoms with Crippen molar-refractivity contribution in [3.05, 3.63) is 29.6 Å². The van der Waals surface area contributed by atoms with E-state index in [2.05, 4.69) is 5.32 Å². The highest BCUT2D eigenvalue weighted by molar-refractivity contribution is 5.31. The summed E-state index contributed by atoms with van der Waals surface area (Å²) in [6, 6.07) is 2.57. The average Bonchev–Trinajstić information content (AvgIpc) is 2.37. The highest BCUT2D eigenvalue weighted by atomic mass is 19.4. The van der Waals surface area contributed by atoms with Gasteiger partial charge in [0, 0.05) is 13.1 Å². The lowest BCUT2D eigenvalue weighted by atomic mass is 10.2. The molecule has 2 rings (SSSR count). The molecular weight excluding hydrogens is 266 g/mol. The lowest BCUT2D eigenvalue weighted by Gasteiger charge is -2.23. The molecule has 0 amide bonds. The minimum absolute atomic E-state index is 0.0251. The summed E-state index contributed by atoms with van der Waals surface area (Å²) in [5.41, 5.74) is -1.33. The van der Waals surface area contributed by atoms with Crippen LogP contribution in [0.1, 0.15) is 5.56 Å². The van der Waals surface area contributed by atoms with Gasteiger partial charge in [0.2, 0.25) is 0 Å². The van der Waals surface area contributed by atoms with Gasteiger partial charge in [-0.1, -0.05) is 0 Å². The summed E-state index contributed by atoms with van der Waals surface area (Å²) >= 11 is 0. The van der Waals surface area contributed by atoms with E-state index >= 15 is 0 Å². The first-order valence-electron chi connectivity index (χ1n) is 5.78. The van der Waals surface area contributed by atoms with Crippen LogP contribution in [0.5, 0.6) is 5.75 Å². The van der Waals surface area contributed by atoms with E-state index in [1.807, 2.05) is 0 Å². The highest BCUT2D eigenvalue weighted by Gasteiger charge is 2.34. The van der Waals surface area contributed by atoms with Gasteiger partial charge in [0.25, 0.3) is 0 Å². The number of halogens is 4.